The third kappa shape index (κ3) is 40.4. The minimum Gasteiger partial charge on any atom is -0.494 e. The predicted molar refractivity (Wildman–Crippen MR) is 436 cm³/mol. The Morgan fingerprint density at radius 1 is 0.567 bits per heavy atom. The topological polar surface area (TPSA) is 531 Å². The van der Waals surface area contributed by atoms with E-state index in [2.05, 4.69) is 74.5 Å². The Kier molecular flexibility index (Phi) is 45.8. The third-order valence-electron chi connectivity index (χ3n) is 19.5. The molecule has 2 aliphatic heterocycles. The summed E-state index contributed by atoms with van der Waals surface area (Å²) in [7, 11) is 0. The fraction of sp³-hybridized carbons (Fsp3) is 0.608. The quantitative estimate of drug-likeness (QED) is 0.0276. The number of likely N-dealkylation sites (tertiary alicyclic amines) is 1. The zero-order valence-electron chi connectivity index (χ0n) is 67.8. The zero-order valence-corrected chi connectivity index (χ0v) is 69.4. The van der Waals surface area contributed by atoms with E-state index in [0.717, 1.165) is 16.5 Å². The number of urea groups is 1. The van der Waals surface area contributed by atoms with Gasteiger partial charge in [-0.2, -0.15) is 5.26 Å². The van der Waals surface area contributed by atoms with E-state index in [0.29, 0.717) is 131 Å². The number of aliphatic carboxylic acids is 5. The van der Waals surface area contributed by atoms with Crippen LogP contribution < -0.4 is 42.0 Å². The Labute approximate surface area is 704 Å². The van der Waals surface area contributed by atoms with E-state index in [4.69, 9.17) is 24.1 Å². The Morgan fingerprint density at radius 2 is 1.18 bits per heavy atom. The number of carbonyl (C=O) groups excluding carboxylic acids is 8. The first-order valence-electron chi connectivity index (χ1n) is 40.6. The molecule has 0 aliphatic carbocycles. The molecule has 3 atom stereocenters. The van der Waals surface area contributed by atoms with Crippen LogP contribution in [0.4, 0.5) is 4.79 Å². The lowest BCUT2D eigenvalue weighted by atomic mass is 10.1. The standard InChI is InChI=1S/C79H115BrN18O22/c80-58-15-13-57(14-16-58)51-96(30-7-1-4-27-86-79(116)89-66(78(114)115)20-22-72(104)105)70(102)12-3-6-26-85-77(113)65(11-2-5-25-84-69(101)53-92-32-34-93(54-73(106)107)36-38-95(56-75(110)111)39-37-94(35-33-92)55-74(108)109)88-68(100)24-42-117-44-46-119-47-45-118-43-40-97-52-59(90-91-97)17-21-67(99)83-28-9-41-120-61-18-19-64-63(48-61)62(23-29-82-64)76(112)87-50-71(103)98-31-8-10-60(98)49-81/h13-16,18-19,23,29,48,52,60,65-66H,1-12,17,20-22,24-28,30-47,50-51,53-56H2,(H,83,99)(H,84,101)(H,85,113)(H,87,112)(H,88,100)(H,104,105)(H,106,107)(H,108,109)(H,110,111)(H,114,115)(H2,86,89,116)/t60-,65-,66-/m0/s1. The Morgan fingerprint density at radius 3 is 1.82 bits per heavy atom. The molecule has 40 nitrogen and oxygen atoms in total. The van der Waals surface area contributed by atoms with Crippen molar-refractivity contribution in [3.05, 3.63) is 82.2 Å². The summed E-state index contributed by atoms with van der Waals surface area (Å²) in [6.45, 7) is 4.60. The van der Waals surface area contributed by atoms with Crippen LogP contribution in [0.3, 0.4) is 0 Å². The summed E-state index contributed by atoms with van der Waals surface area (Å²) < 4.78 is 25.5. The molecule has 6 rings (SSSR count). The smallest absolute Gasteiger partial charge is 0.326 e. The number of nitrogens with one attached hydrogen (secondary N) is 7. The van der Waals surface area contributed by atoms with Crippen LogP contribution in [0.2, 0.25) is 0 Å². The molecule has 120 heavy (non-hydrogen) atoms. The van der Waals surface area contributed by atoms with Crippen molar-refractivity contribution in [2.24, 2.45) is 0 Å². The van der Waals surface area contributed by atoms with Crippen molar-refractivity contribution in [2.75, 3.05) is 171 Å². The number of unbranched alkanes of at least 4 members (excludes halogenated alkanes) is 4. The maximum Gasteiger partial charge on any atom is 0.326 e. The number of rotatable bonds is 56. The number of carboxylic acids is 5. The second-order valence-corrected chi connectivity index (χ2v) is 29.8. The van der Waals surface area contributed by atoms with Gasteiger partial charge in [0, 0.05) is 153 Å². The average molecular weight is 1750 g/mol. The average Bonchev–Trinajstić information content (AvgIpc) is 1.00. The Balaban J connectivity index is 0.891. The van der Waals surface area contributed by atoms with Gasteiger partial charge in [0.2, 0.25) is 35.4 Å². The second kappa shape index (κ2) is 56.0. The van der Waals surface area contributed by atoms with Crippen molar-refractivity contribution in [1.82, 2.24) is 86.6 Å². The van der Waals surface area contributed by atoms with Gasteiger partial charge in [-0.25, -0.2) is 14.3 Å². The van der Waals surface area contributed by atoms with Crippen molar-refractivity contribution in [1.29, 1.82) is 5.26 Å². The van der Waals surface area contributed by atoms with E-state index in [1.54, 1.807) is 59.6 Å². The first kappa shape index (κ1) is 98.2. The van der Waals surface area contributed by atoms with Crippen molar-refractivity contribution in [3.8, 4) is 11.8 Å². The number of hydrogen-bond donors (Lipinski definition) is 12. The molecule has 0 unspecified atom stereocenters. The minimum absolute atomic E-state index is 0.0149. The first-order valence-corrected chi connectivity index (χ1v) is 41.4. The monoisotopic (exact) mass is 1750 g/mol. The van der Waals surface area contributed by atoms with Gasteiger partial charge < -0.3 is 91.5 Å². The van der Waals surface area contributed by atoms with Crippen LogP contribution in [-0.4, -0.2) is 341 Å². The summed E-state index contributed by atoms with van der Waals surface area (Å²) in [5.41, 5.74) is 2.41. The number of hydrogen-bond acceptors (Lipinski definition) is 25. The van der Waals surface area contributed by atoms with Crippen molar-refractivity contribution >= 4 is 104 Å². The van der Waals surface area contributed by atoms with Crippen LogP contribution in [0.5, 0.6) is 5.75 Å². The number of halogens is 1. The number of aryl methyl sites for hydroxylation is 1. The van der Waals surface area contributed by atoms with Crippen LogP contribution in [0.1, 0.15) is 124 Å². The summed E-state index contributed by atoms with van der Waals surface area (Å²) in [6, 6.07) is 12.8. The highest BCUT2D eigenvalue weighted by molar-refractivity contribution is 9.10. The molecule has 0 spiro atoms. The highest BCUT2D eigenvalue weighted by Crippen LogP contribution is 2.24. The van der Waals surface area contributed by atoms with E-state index in [9.17, 15) is 88.0 Å². The van der Waals surface area contributed by atoms with Gasteiger partial charge >= 0.3 is 35.9 Å². The summed E-state index contributed by atoms with van der Waals surface area (Å²) in [5.74, 6) is -7.60. The molecule has 2 aromatic heterocycles. The van der Waals surface area contributed by atoms with Crippen molar-refractivity contribution < 1.29 is 107 Å². The number of nitrogens with zero attached hydrogens (tertiary/aromatic N) is 11. The van der Waals surface area contributed by atoms with E-state index in [1.165, 1.54) is 11.1 Å². The number of amides is 9. The minimum atomic E-state index is -1.37. The fourth-order valence-electron chi connectivity index (χ4n) is 13.0. The highest BCUT2D eigenvalue weighted by atomic mass is 79.9. The molecule has 2 saturated heterocycles. The fourth-order valence-corrected chi connectivity index (χ4v) is 13.3. The molecule has 2 aromatic carbocycles. The maximum absolute atomic E-state index is 13.9. The lowest BCUT2D eigenvalue weighted by Gasteiger charge is -2.32. The number of ether oxygens (including phenoxy) is 4. The molecule has 9 amide bonds. The number of carboxylic acid groups (broad SMARTS) is 5. The van der Waals surface area contributed by atoms with Crippen LogP contribution in [-0.2, 0) is 86.5 Å². The predicted octanol–water partition coefficient (Wildman–Crippen LogP) is 1.14. The number of aromatic nitrogens is 4. The molecular formula is C79H115BrN18O22. The molecule has 0 bridgehead atoms. The van der Waals surface area contributed by atoms with Gasteiger partial charge in [-0.3, -0.25) is 77.3 Å². The largest absolute Gasteiger partial charge is 0.494 e. The van der Waals surface area contributed by atoms with Gasteiger partial charge in [0.25, 0.3) is 5.91 Å². The molecule has 4 aromatic rings. The highest BCUT2D eigenvalue weighted by Gasteiger charge is 2.30. The Bertz CT molecular complexity index is 3960. The van der Waals surface area contributed by atoms with Crippen molar-refractivity contribution in [3.63, 3.8) is 0 Å². The molecule has 41 heteroatoms. The lowest BCUT2D eigenvalue weighted by Crippen LogP contribution is -2.49. The summed E-state index contributed by atoms with van der Waals surface area (Å²) >= 11 is 3.45. The number of nitriles is 1. The third-order valence-corrected chi connectivity index (χ3v) is 20.1. The van der Waals surface area contributed by atoms with Crippen molar-refractivity contribution in [2.45, 2.75) is 140 Å². The van der Waals surface area contributed by atoms with Gasteiger partial charge in [0.1, 0.15) is 23.9 Å². The summed E-state index contributed by atoms with van der Waals surface area (Å²) in [4.78, 5) is 178. The maximum atomic E-state index is 13.9. The summed E-state index contributed by atoms with van der Waals surface area (Å²) in [6.07, 6.45) is 8.56. The van der Waals surface area contributed by atoms with Crippen LogP contribution >= 0.6 is 15.9 Å². The molecule has 0 radical (unpaired) electrons. The summed E-state index contributed by atoms with van der Waals surface area (Å²) in [5, 5.41) is 84.3. The Hall–Kier alpha value is -10.6. The second-order valence-electron chi connectivity index (χ2n) is 28.9. The molecular weight excluding hydrogens is 1630 g/mol. The first-order chi connectivity index (χ1) is 57.8. The number of pyridine rings is 1. The van der Waals surface area contributed by atoms with E-state index in [1.807, 2.05) is 24.3 Å². The van der Waals surface area contributed by atoms with Gasteiger partial charge in [0.15, 0.2) is 0 Å². The number of benzene rings is 2. The van der Waals surface area contributed by atoms with Crippen LogP contribution in [0, 0.1) is 11.3 Å². The van der Waals surface area contributed by atoms with Gasteiger partial charge in [0.05, 0.1) is 108 Å². The lowest BCUT2D eigenvalue weighted by molar-refractivity contribution is -0.141. The molecule has 0 saturated carbocycles. The van der Waals surface area contributed by atoms with Gasteiger partial charge in [-0.05, 0) is 119 Å². The number of carbonyl (C=O) groups is 13. The normalized spacial score (nSPS) is 14.9. The van der Waals surface area contributed by atoms with Gasteiger partial charge in [-0.15, -0.1) is 5.10 Å². The molecule has 2 fully saturated rings. The van der Waals surface area contributed by atoms with E-state index < -0.39 is 78.1 Å². The molecule has 2 aliphatic rings. The molecule has 4 heterocycles. The SMILES string of the molecule is N#C[C@@H]1CCCN1C(=O)CNC(=O)c1ccnc2ccc(OCCCNC(=O)CCc3cn(CCOCCOCCOCCC(=O)N[C@@H](CCCCNC(=O)CN4CCN(CC(=O)O)CCN(CC(=O)O)CCN(CC(=O)O)CC4)C(=O)NCCCCC(=O)N(CCCCCNC(=O)N[C@@H](CCC(=O)O)C(=O)O)Cc4ccc(Br)cc4)nn3)cc12. The zero-order chi connectivity index (χ0) is 86.8. The van der Waals surface area contributed by atoms with Gasteiger partial charge in [-0.1, -0.05) is 33.3 Å². The van der Waals surface area contributed by atoms with E-state index in [-0.39, 0.29) is 200 Å². The molecule has 660 valence electrons. The molecule has 12 N–H and O–H groups in total. The van der Waals surface area contributed by atoms with Crippen LogP contribution in [0.15, 0.2) is 65.4 Å². The van der Waals surface area contributed by atoms with E-state index >= 15 is 0 Å². The van der Waals surface area contributed by atoms with Crippen LogP contribution in [0.25, 0.3) is 10.9 Å². The number of fused-ring (bicyclic) bond motifs is 1.